The van der Waals surface area contributed by atoms with Crippen LogP contribution >= 0.6 is 0 Å². The van der Waals surface area contributed by atoms with Crippen LogP contribution in [-0.2, 0) is 16.1 Å². The van der Waals surface area contributed by atoms with Crippen LogP contribution in [0.2, 0.25) is 0 Å². The van der Waals surface area contributed by atoms with E-state index in [2.05, 4.69) is 48.1 Å². The van der Waals surface area contributed by atoms with Gasteiger partial charge < -0.3 is 14.8 Å². The zero-order chi connectivity index (χ0) is 19.3. The van der Waals surface area contributed by atoms with Crippen molar-refractivity contribution in [2.45, 2.75) is 44.9 Å². The van der Waals surface area contributed by atoms with Gasteiger partial charge in [-0.1, -0.05) is 12.1 Å². The van der Waals surface area contributed by atoms with Crippen molar-refractivity contribution in [2.75, 3.05) is 46.4 Å². The van der Waals surface area contributed by atoms with E-state index < -0.39 is 0 Å². The van der Waals surface area contributed by atoms with E-state index in [1.54, 1.807) is 0 Å². The summed E-state index contributed by atoms with van der Waals surface area (Å²) in [5.41, 5.74) is 1.48. The molecule has 150 valence electrons. The number of piperazine rings is 1. The number of carbonyl (C=O) groups is 1. The molecule has 1 amide bonds. The summed E-state index contributed by atoms with van der Waals surface area (Å²) < 4.78 is 11.1. The Labute approximate surface area is 162 Å². The van der Waals surface area contributed by atoms with Crippen LogP contribution in [0.15, 0.2) is 24.3 Å². The second kappa shape index (κ2) is 9.04. The lowest BCUT2D eigenvalue weighted by molar-refractivity contribution is -0.123. The second-order valence-electron chi connectivity index (χ2n) is 8.32. The van der Waals surface area contributed by atoms with Gasteiger partial charge >= 0.3 is 0 Å². The highest BCUT2D eigenvalue weighted by Crippen LogP contribution is 2.21. The van der Waals surface area contributed by atoms with Gasteiger partial charge in [-0.2, -0.15) is 0 Å². The first-order valence-electron chi connectivity index (χ1n) is 9.96. The number of rotatable bonds is 7. The summed E-state index contributed by atoms with van der Waals surface area (Å²) in [4.78, 5) is 16.8. The van der Waals surface area contributed by atoms with Crippen LogP contribution in [0.5, 0.6) is 5.75 Å². The highest BCUT2D eigenvalue weighted by atomic mass is 16.5. The van der Waals surface area contributed by atoms with Gasteiger partial charge in [0.1, 0.15) is 5.75 Å². The van der Waals surface area contributed by atoms with Gasteiger partial charge in [0.15, 0.2) is 6.61 Å². The average Bonchev–Trinajstić information content (AvgIpc) is 3.16. The van der Waals surface area contributed by atoms with Crippen LogP contribution in [0.1, 0.15) is 32.3 Å². The van der Waals surface area contributed by atoms with E-state index in [1.807, 2.05) is 12.1 Å². The van der Waals surface area contributed by atoms with Gasteiger partial charge in [-0.25, -0.2) is 0 Å². The Bertz CT molecular complexity index is 612. The Kier molecular flexibility index (Phi) is 6.73. The highest BCUT2D eigenvalue weighted by molar-refractivity contribution is 5.77. The zero-order valence-electron chi connectivity index (χ0n) is 16.9. The van der Waals surface area contributed by atoms with Crippen molar-refractivity contribution in [3.05, 3.63) is 29.8 Å². The number of amides is 1. The van der Waals surface area contributed by atoms with E-state index in [9.17, 15) is 4.79 Å². The van der Waals surface area contributed by atoms with Gasteiger partial charge in [-0.15, -0.1) is 0 Å². The molecule has 6 nitrogen and oxygen atoms in total. The third kappa shape index (κ3) is 5.92. The lowest BCUT2D eigenvalue weighted by Gasteiger charge is -2.45. The molecular formula is C21H33N3O3. The first-order valence-corrected chi connectivity index (χ1v) is 9.96. The number of hydrogen-bond donors (Lipinski definition) is 1. The molecule has 6 heteroatoms. The Morgan fingerprint density at radius 1 is 1.30 bits per heavy atom. The van der Waals surface area contributed by atoms with E-state index in [1.165, 1.54) is 5.56 Å². The Morgan fingerprint density at radius 2 is 2.07 bits per heavy atom. The molecule has 2 saturated heterocycles. The molecule has 1 N–H and O–H groups in total. The van der Waals surface area contributed by atoms with E-state index in [4.69, 9.17) is 9.47 Å². The minimum absolute atomic E-state index is 0.0404. The minimum atomic E-state index is -0.103. The summed E-state index contributed by atoms with van der Waals surface area (Å²) in [6.45, 7) is 10.2. The number of nitrogens with zero attached hydrogens (tertiary/aromatic N) is 2. The molecule has 0 aromatic heterocycles. The largest absolute Gasteiger partial charge is 0.484 e. The van der Waals surface area contributed by atoms with Crippen LogP contribution < -0.4 is 10.1 Å². The van der Waals surface area contributed by atoms with Crippen LogP contribution in [0.25, 0.3) is 0 Å². The van der Waals surface area contributed by atoms with E-state index in [0.717, 1.165) is 51.4 Å². The summed E-state index contributed by atoms with van der Waals surface area (Å²) >= 11 is 0. The quantitative estimate of drug-likeness (QED) is 0.789. The van der Waals surface area contributed by atoms with Gasteiger partial charge in [-0.3, -0.25) is 14.6 Å². The monoisotopic (exact) mass is 375 g/mol. The minimum Gasteiger partial charge on any atom is -0.484 e. The van der Waals surface area contributed by atoms with Crippen molar-refractivity contribution in [1.29, 1.82) is 0 Å². The summed E-state index contributed by atoms with van der Waals surface area (Å²) in [5.74, 6) is 0.624. The molecule has 1 unspecified atom stereocenters. The predicted molar refractivity (Wildman–Crippen MR) is 106 cm³/mol. The number of nitrogens with one attached hydrogen (secondary N) is 1. The predicted octanol–water partition coefficient (Wildman–Crippen LogP) is 1.89. The molecule has 0 saturated carbocycles. The first-order chi connectivity index (χ1) is 12.9. The van der Waals surface area contributed by atoms with E-state index in [-0.39, 0.29) is 24.2 Å². The van der Waals surface area contributed by atoms with Gasteiger partial charge in [0.2, 0.25) is 0 Å². The third-order valence-electron chi connectivity index (χ3n) is 5.65. The molecule has 1 atom stereocenters. The molecule has 0 radical (unpaired) electrons. The van der Waals surface area contributed by atoms with Crippen LogP contribution in [0.4, 0.5) is 0 Å². The van der Waals surface area contributed by atoms with Crippen molar-refractivity contribution >= 4 is 5.91 Å². The average molecular weight is 376 g/mol. The zero-order valence-corrected chi connectivity index (χ0v) is 16.9. The number of likely N-dealkylation sites (N-methyl/N-ethyl adjacent to an activating group) is 1. The molecule has 0 bridgehead atoms. The molecule has 2 fully saturated rings. The van der Waals surface area contributed by atoms with Gasteiger partial charge in [0.25, 0.3) is 5.91 Å². The van der Waals surface area contributed by atoms with Gasteiger partial charge in [0.05, 0.1) is 6.10 Å². The fourth-order valence-corrected chi connectivity index (χ4v) is 3.66. The summed E-state index contributed by atoms with van der Waals surface area (Å²) in [6.07, 6.45) is 2.26. The maximum Gasteiger partial charge on any atom is 0.258 e. The van der Waals surface area contributed by atoms with Crippen LogP contribution in [0, 0.1) is 0 Å². The number of ether oxygens (including phenoxy) is 2. The lowest BCUT2D eigenvalue weighted by Crippen LogP contribution is -2.57. The van der Waals surface area contributed by atoms with Crippen LogP contribution in [0.3, 0.4) is 0 Å². The lowest BCUT2D eigenvalue weighted by atomic mass is 9.99. The SMILES string of the molecule is CN1CCN(Cc2ccc(OCC(=O)NCC3CCCO3)cc2)CC1(C)C. The van der Waals surface area contributed by atoms with Crippen molar-refractivity contribution in [3.8, 4) is 5.75 Å². The van der Waals surface area contributed by atoms with Crippen molar-refractivity contribution < 1.29 is 14.3 Å². The maximum absolute atomic E-state index is 11.9. The van der Waals surface area contributed by atoms with Crippen molar-refractivity contribution in [1.82, 2.24) is 15.1 Å². The molecule has 1 aromatic carbocycles. The topological polar surface area (TPSA) is 54.0 Å². The summed E-state index contributed by atoms with van der Waals surface area (Å²) in [6, 6.07) is 8.07. The van der Waals surface area contributed by atoms with Crippen molar-refractivity contribution in [2.24, 2.45) is 0 Å². The molecule has 0 spiro atoms. The Morgan fingerprint density at radius 3 is 2.74 bits per heavy atom. The molecule has 27 heavy (non-hydrogen) atoms. The maximum atomic E-state index is 11.9. The summed E-state index contributed by atoms with van der Waals surface area (Å²) in [5, 5.41) is 2.87. The normalized spacial score (nSPS) is 23.3. The first kappa shape index (κ1) is 20.1. The molecule has 2 heterocycles. The number of hydrogen-bond acceptors (Lipinski definition) is 5. The smallest absolute Gasteiger partial charge is 0.258 e. The fourth-order valence-electron chi connectivity index (χ4n) is 3.66. The van der Waals surface area contributed by atoms with Gasteiger partial charge in [0, 0.05) is 44.9 Å². The van der Waals surface area contributed by atoms with Crippen molar-refractivity contribution in [3.63, 3.8) is 0 Å². The second-order valence-corrected chi connectivity index (χ2v) is 8.32. The third-order valence-corrected chi connectivity index (χ3v) is 5.65. The highest BCUT2D eigenvalue weighted by Gasteiger charge is 2.30. The number of carbonyl (C=O) groups excluding carboxylic acids is 1. The molecule has 2 aliphatic heterocycles. The van der Waals surface area contributed by atoms with Gasteiger partial charge in [-0.05, 0) is 51.4 Å². The molecule has 3 rings (SSSR count). The van der Waals surface area contributed by atoms with Crippen LogP contribution in [-0.4, -0.2) is 73.8 Å². The van der Waals surface area contributed by atoms with E-state index >= 15 is 0 Å². The van der Waals surface area contributed by atoms with E-state index in [0.29, 0.717) is 6.54 Å². The molecular weight excluding hydrogens is 342 g/mol. The molecule has 2 aliphatic rings. The summed E-state index contributed by atoms with van der Waals surface area (Å²) in [7, 11) is 2.19. The molecule has 1 aromatic rings. The number of benzene rings is 1. The fraction of sp³-hybridized carbons (Fsp3) is 0.667. The standard InChI is InChI=1S/C21H33N3O3/c1-21(2)16-24(11-10-23(21)3)14-17-6-8-18(9-7-17)27-15-20(25)22-13-19-5-4-12-26-19/h6-9,19H,4-5,10-16H2,1-3H3,(H,22,25). The molecule has 0 aliphatic carbocycles. The Hall–Kier alpha value is -1.63. The Balaban J connectivity index is 1.40.